The molecule has 0 radical (unpaired) electrons. The predicted octanol–water partition coefficient (Wildman–Crippen LogP) is 24.5. The zero-order valence-corrected chi connectivity index (χ0v) is 61.1. The second-order valence-electron chi connectivity index (χ2n) is 27.9. The van der Waals surface area contributed by atoms with Crippen molar-refractivity contribution in [2.45, 2.75) is 405 Å². The van der Waals surface area contributed by atoms with Crippen LogP contribution in [0.4, 0.5) is 0 Å². The first-order chi connectivity index (χ1) is 43.4. The normalized spacial score (nSPS) is 13.7. The Hall–Kier alpha value is -2.03. The summed E-state index contributed by atoms with van der Waals surface area (Å²) in [5.74, 6) is -0.520. The van der Waals surface area contributed by atoms with Crippen molar-refractivity contribution in [3.63, 3.8) is 0 Å². The van der Waals surface area contributed by atoms with Gasteiger partial charge in [0.2, 0.25) is 5.91 Å². The van der Waals surface area contributed by atoms with Crippen LogP contribution in [0.3, 0.4) is 0 Å². The van der Waals surface area contributed by atoms with Crippen LogP contribution in [0.2, 0.25) is 0 Å². The molecule has 1 amide bonds. The van der Waals surface area contributed by atoms with Crippen LogP contribution in [-0.4, -0.2) is 69.4 Å². The molecule has 3 unspecified atom stereocenters. The quantitative estimate of drug-likeness (QED) is 0.0212. The van der Waals surface area contributed by atoms with Gasteiger partial charge in [-0.1, -0.05) is 339 Å². The third kappa shape index (κ3) is 70.1. The van der Waals surface area contributed by atoms with E-state index in [9.17, 15) is 19.0 Å². The van der Waals surface area contributed by atoms with E-state index in [-0.39, 0.29) is 31.5 Å². The number of allylic oxidation sites excluding steroid dienone is 7. The van der Waals surface area contributed by atoms with Crippen LogP contribution in [0.15, 0.2) is 48.6 Å². The number of amides is 1. The molecular formula is C79H151N2O7P. The van der Waals surface area contributed by atoms with Gasteiger partial charge in [-0.25, -0.2) is 0 Å². The maximum Gasteiger partial charge on any atom is 0.306 e. The van der Waals surface area contributed by atoms with Crippen LogP contribution in [0.5, 0.6) is 0 Å². The van der Waals surface area contributed by atoms with Crippen LogP contribution in [0.1, 0.15) is 393 Å². The Bertz CT molecular complexity index is 1660. The number of phosphoric ester groups is 1. The number of carbonyl (C=O) groups excluding carboxylic acids is 2. The summed E-state index contributed by atoms with van der Waals surface area (Å²) in [5.41, 5.74) is 0. The van der Waals surface area contributed by atoms with Gasteiger partial charge in [0.25, 0.3) is 7.82 Å². The molecule has 0 fully saturated rings. The molecule has 0 aliphatic carbocycles. The molecule has 9 nitrogen and oxygen atoms in total. The van der Waals surface area contributed by atoms with Gasteiger partial charge in [0.1, 0.15) is 19.3 Å². The summed E-state index contributed by atoms with van der Waals surface area (Å²) >= 11 is 0. The van der Waals surface area contributed by atoms with Crippen molar-refractivity contribution in [3.05, 3.63) is 48.6 Å². The lowest BCUT2D eigenvalue weighted by atomic mass is 10.0. The number of likely N-dealkylation sites (N-methyl/N-ethyl adjacent to an activating group) is 1. The Labute approximate surface area is 554 Å². The van der Waals surface area contributed by atoms with E-state index in [2.05, 4.69) is 62.5 Å². The van der Waals surface area contributed by atoms with Gasteiger partial charge in [0, 0.05) is 12.8 Å². The molecule has 0 bridgehead atoms. The van der Waals surface area contributed by atoms with Crippen molar-refractivity contribution >= 4 is 19.7 Å². The number of hydrogen-bond donors (Lipinski definition) is 1. The van der Waals surface area contributed by atoms with Crippen molar-refractivity contribution in [2.24, 2.45) is 0 Å². The fraction of sp³-hybridized carbons (Fsp3) is 0.873. The molecule has 0 aromatic carbocycles. The van der Waals surface area contributed by atoms with Crippen molar-refractivity contribution in [1.82, 2.24) is 5.32 Å². The van der Waals surface area contributed by atoms with Gasteiger partial charge in [0.15, 0.2) is 0 Å². The van der Waals surface area contributed by atoms with Gasteiger partial charge < -0.3 is 28.5 Å². The maximum atomic E-state index is 13.6. The molecule has 10 heteroatoms. The highest BCUT2D eigenvalue weighted by molar-refractivity contribution is 7.45. The van der Waals surface area contributed by atoms with Gasteiger partial charge >= 0.3 is 5.97 Å². The molecule has 1 N–H and O–H groups in total. The Balaban J connectivity index is 4.97. The first-order valence-electron chi connectivity index (χ1n) is 38.9. The van der Waals surface area contributed by atoms with E-state index in [0.29, 0.717) is 17.4 Å². The summed E-state index contributed by atoms with van der Waals surface area (Å²) in [6.07, 6.45) is 88.2. The maximum absolute atomic E-state index is 13.6. The monoisotopic (exact) mass is 1270 g/mol. The third-order valence-corrected chi connectivity index (χ3v) is 18.7. The van der Waals surface area contributed by atoms with E-state index in [1.54, 1.807) is 0 Å². The molecule has 3 atom stereocenters. The number of ether oxygens (including phenoxy) is 1. The van der Waals surface area contributed by atoms with E-state index in [1.165, 1.54) is 295 Å². The summed E-state index contributed by atoms with van der Waals surface area (Å²) in [6, 6.07) is -0.888. The average molecular weight is 1270 g/mol. The SMILES string of the molecule is CCCCC/C=C\C/C=C\CCCCCCCCCCCCCCCCCC(=O)OC(/C=C/CCCCCCCCCCCCC)C(COP(=O)([O-])OCC[N+](C)(C)C)NC(=O)CCCCCCCCCCCCCCCCC/C=C/CCCCCCCC. The van der Waals surface area contributed by atoms with E-state index in [1.807, 2.05) is 33.3 Å². The Morgan fingerprint density at radius 1 is 0.393 bits per heavy atom. The lowest BCUT2D eigenvalue weighted by Gasteiger charge is -2.30. The molecule has 0 saturated carbocycles. The minimum Gasteiger partial charge on any atom is -0.756 e. The zero-order valence-electron chi connectivity index (χ0n) is 60.2. The summed E-state index contributed by atoms with van der Waals surface area (Å²) < 4.78 is 30.6. The standard InChI is InChI=1S/C79H151N2O7P/c1-7-10-13-16-19-22-25-28-30-32-34-36-38-40-42-44-46-48-50-53-56-59-62-65-68-71-78(82)80-76(75-87-89(84,85)86-74-73-81(4,5)6)77(70-67-64-61-58-55-52-27-24-21-18-15-12-9-3)88-79(83)72-69-66-63-60-57-54-51-49-47-45-43-41-39-37-35-33-31-29-26-23-20-17-14-11-8-2/h20,23,28-31,67,70,76-77H,7-19,21-22,24-27,32-66,68-69,71-75H2,1-6H3,(H-,80,82,84,85)/b23-20-,30-28+,31-29-,70-67+. The molecule has 0 aliphatic rings. The highest BCUT2D eigenvalue weighted by Crippen LogP contribution is 2.38. The molecule has 0 aromatic heterocycles. The second-order valence-corrected chi connectivity index (χ2v) is 29.3. The van der Waals surface area contributed by atoms with E-state index < -0.39 is 20.0 Å². The largest absolute Gasteiger partial charge is 0.756 e. The highest BCUT2D eigenvalue weighted by atomic mass is 31.2. The van der Waals surface area contributed by atoms with Crippen LogP contribution in [-0.2, 0) is 27.9 Å². The van der Waals surface area contributed by atoms with Crippen molar-refractivity contribution in [3.8, 4) is 0 Å². The number of esters is 1. The second kappa shape index (κ2) is 68.8. The van der Waals surface area contributed by atoms with Gasteiger partial charge in [-0.15, -0.1) is 0 Å². The summed E-state index contributed by atoms with van der Waals surface area (Å²) in [7, 11) is 1.20. The topological polar surface area (TPSA) is 114 Å². The van der Waals surface area contributed by atoms with Crippen LogP contribution in [0, 0.1) is 0 Å². The van der Waals surface area contributed by atoms with Gasteiger partial charge in [0.05, 0.1) is 33.8 Å². The smallest absolute Gasteiger partial charge is 0.306 e. The summed E-state index contributed by atoms with van der Waals surface area (Å²) in [6.45, 7) is 6.89. The van der Waals surface area contributed by atoms with E-state index in [4.69, 9.17) is 13.8 Å². The first kappa shape index (κ1) is 87.0. The molecule has 0 heterocycles. The molecule has 0 aromatic rings. The molecule has 0 aliphatic heterocycles. The number of rotatable bonds is 72. The Morgan fingerprint density at radius 2 is 0.685 bits per heavy atom. The minimum absolute atomic E-state index is 0.0199. The average Bonchev–Trinajstić information content (AvgIpc) is 3.54. The Morgan fingerprint density at radius 3 is 1.04 bits per heavy atom. The molecule has 89 heavy (non-hydrogen) atoms. The lowest BCUT2D eigenvalue weighted by molar-refractivity contribution is -0.870. The summed E-state index contributed by atoms with van der Waals surface area (Å²) in [4.78, 5) is 40.3. The number of unbranched alkanes of at least 4 members (excludes halogenated alkanes) is 50. The number of quaternary nitrogens is 1. The molecule has 0 spiro atoms. The molecule has 0 saturated heterocycles. The van der Waals surface area contributed by atoms with Crippen molar-refractivity contribution in [2.75, 3.05) is 40.9 Å². The Kier molecular flexibility index (Phi) is 67.2. The van der Waals surface area contributed by atoms with Gasteiger partial charge in [-0.3, -0.25) is 14.2 Å². The predicted molar refractivity (Wildman–Crippen MR) is 386 cm³/mol. The van der Waals surface area contributed by atoms with Gasteiger partial charge in [-0.05, 0) is 89.5 Å². The third-order valence-electron chi connectivity index (χ3n) is 17.7. The van der Waals surface area contributed by atoms with E-state index in [0.717, 1.165) is 64.2 Å². The number of nitrogens with zero attached hydrogens (tertiary/aromatic N) is 1. The number of phosphoric acid groups is 1. The van der Waals surface area contributed by atoms with E-state index >= 15 is 0 Å². The first-order valence-corrected chi connectivity index (χ1v) is 40.4. The number of hydrogen-bond acceptors (Lipinski definition) is 7. The van der Waals surface area contributed by atoms with Crippen LogP contribution < -0.4 is 10.2 Å². The lowest BCUT2D eigenvalue weighted by Crippen LogP contribution is -2.47. The fourth-order valence-corrected chi connectivity index (χ4v) is 12.5. The summed E-state index contributed by atoms with van der Waals surface area (Å²) in [5, 5.41) is 3.06. The van der Waals surface area contributed by atoms with Crippen LogP contribution >= 0.6 is 7.82 Å². The molecule has 524 valence electrons. The number of nitrogens with one attached hydrogen (secondary N) is 1. The van der Waals surface area contributed by atoms with Crippen molar-refractivity contribution < 1.29 is 37.3 Å². The fourth-order valence-electron chi connectivity index (χ4n) is 11.7. The molecular weight excluding hydrogens is 1120 g/mol. The van der Waals surface area contributed by atoms with Crippen LogP contribution in [0.25, 0.3) is 0 Å². The van der Waals surface area contributed by atoms with Gasteiger partial charge in [-0.2, -0.15) is 0 Å². The number of carbonyl (C=O) groups is 2. The van der Waals surface area contributed by atoms with Crippen molar-refractivity contribution in [1.29, 1.82) is 0 Å². The molecule has 0 rings (SSSR count). The highest BCUT2D eigenvalue weighted by Gasteiger charge is 2.27. The zero-order chi connectivity index (χ0) is 64.9. The minimum atomic E-state index is -4.71.